The van der Waals surface area contributed by atoms with Crippen LogP contribution < -0.4 is 10.1 Å². The number of rotatable bonds is 8. The van der Waals surface area contributed by atoms with Gasteiger partial charge in [-0.15, -0.1) is 0 Å². The highest BCUT2D eigenvalue weighted by atomic mass is 35.5. The van der Waals surface area contributed by atoms with E-state index in [9.17, 15) is 36.0 Å². The molecule has 0 spiro atoms. The van der Waals surface area contributed by atoms with Crippen molar-refractivity contribution in [1.82, 2.24) is 29.8 Å². The average molecular weight is 713 g/mol. The third-order valence-corrected chi connectivity index (χ3v) is 11.5. The third-order valence-electron chi connectivity index (χ3n) is 9.33. The van der Waals surface area contributed by atoms with Crippen molar-refractivity contribution in [2.75, 3.05) is 65.3 Å². The predicted molar refractivity (Wildman–Crippen MR) is 168 cm³/mol. The molecule has 0 bridgehead atoms. The second-order valence-electron chi connectivity index (χ2n) is 12.5. The van der Waals surface area contributed by atoms with Crippen molar-refractivity contribution < 1.29 is 40.7 Å². The van der Waals surface area contributed by atoms with E-state index in [0.717, 1.165) is 16.9 Å². The molecule has 3 fully saturated rings. The van der Waals surface area contributed by atoms with Crippen LogP contribution >= 0.6 is 11.6 Å². The van der Waals surface area contributed by atoms with E-state index in [0.29, 0.717) is 39.2 Å². The van der Waals surface area contributed by atoms with Crippen molar-refractivity contribution >= 4 is 39.2 Å². The summed E-state index contributed by atoms with van der Waals surface area (Å²) in [6.07, 6.45) is -5.57. The number of benzene rings is 2. The van der Waals surface area contributed by atoms with Gasteiger partial charge in [-0.2, -0.15) is 13.2 Å². The number of fused-ring (bicyclic) bond motifs is 2. The molecule has 4 heterocycles. The molecule has 3 saturated heterocycles. The highest BCUT2D eigenvalue weighted by Gasteiger charge is 2.53. The maximum absolute atomic E-state index is 14.3. The molecule has 6 rings (SSSR count). The number of alkyl halides is 3. The molecule has 0 saturated carbocycles. The lowest BCUT2D eigenvalue weighted by atomic mass is 9.99. The number of carbonyl (C=O) groups is 3. The van der Waals surface area contributed by atoms with Gasteiger partial charge in [-0.3, -0.25) is 24.2 Å². The first-order valence-corrected chi connectivity index (χ1v) is 17.6. The summed E-state index contributed by atoms with van der Waals surface area (Å²) in [6, 6.07) is 9.02. The monoisotopic (exact) mass is 712 g/mol. The Kier molecular flexibility index (Phi) is 9.65. The third kappa shape index (κ3) is 6.99. The molecule has 0 aromatic heterocycles. The minimum Gasteiger partial charge on any atom is -0.493 e. The molecule has 1 unspecified atom stereocenters. The van der Waals surface area contributed by atoms with Gasteiger partial charge in [0.05, 0.1) is 23.1 Å². The van der Waals surface area contributed by atoms with Gasteiger partial charge in [0.1, 0.15) is 29.9 Å². The van der Waals surface area contributed by atoms with E-state index in [1.165, 1.54) is 21.9 Å². The minimum atomic E-state index is -5.22. The lowest BCUT2D eigenvalue weighted by Crippen LogP contribution is -2.77. The summed E-state index contributed by atoms with van der Waals surface area (Å²) in [6.45, 7) is 1.86. The van der Waals surface area contributed by atoms with Gasteiger partial charge in [-0.25, -0.2) is 8.42 Å². The first-order chi connectivity index (χ1) is 22.7. The van der Waals surface area contributed by atoms with E-state index in [4.69, 9.17) is 16.3 Å². The van der Waals surface area contributed by atoms with Crippen molar-refractivity contribution in [1.29, 1.82) is 0 Å². The van der Waals surface area contributed by atoms with Gasteiger partial charge in [-0.05, 0) is 36.4 Å². The van der Waals surface area contributed by atoms with E-state index >= 15 is 0 Å². The number of nitrogens with zero attached hydrogens (tertiary/aromatic N) is 5. The van der Waals surface area contributed by atoms with Gasteiger partial charge < -0.3 is 24.8 Å². The van der Waals surface area contributed by atoms with Crippen LogP contribution in [0.25, 0.3) is 0 Å². The van der Waals surface area contributed by atoms with Crippen LogP contribution in [0.2, 0.25) is 5.02 Å². The Morgan fingerprint density at radius 1 is 1.04 bits per heavy atom. The molecule has 260 valence electrons. The fourth-order valence-electron chi connectivity index (χ4n) is 6.80. The van der Waals surface area contributed by atoms with E-state index in [1.54, 1.807) is 34.5 Å². The number of amides is 3. The maximum atomic E-state index is 14.3. The molecular formula is C31H36ClF3N6O6S. The molecule has 2 aromatic carbocycles. The summed E-state index contributed by atoms with van der Waals surface area (Å²) in [5, 5.41) is 1.82. The topological polar surface area (TPSA) is 123 Å². The number of hydrogen-bond donors (Lipinski definition) is 1. The van der Waals surface area contributed by atoms with Crippen LogP contribution in [-0.4, -0.2) is 140 Å². The van der Waals surface area contributed by atoms with Crippen molar-refractivity contribution in [2.24, 2.45) is 0 Å². The van der Waals surface area contributed by atoms with Crippen LogP contribution in [0, 0.1) is 0 Å². The first kappa shape index (κ1) is 34.4. The van der Waals surface area contributed by atoms with Gasteiger partial charge in [0.25, 0.3) is 0 Å². The number of halogens is 4. The van der Waals surface area contributed by atoms with Crippen LogP contribution in [0.3, 0.4) is 0 Å². The summed E-state index contributed by atoms with van der Waals surface area (Å²) in [4.78, 5) is 48.4. The second-order valence-corrected chi connectivity index (χ2v) is 14.8. The number of carbonyl (C=O) groups excluding carboxylic acids is 3. The highest BCUT2D eigenvalue weighted by Crippen LogP contribution is 2.32. The number of piperazine rings is 2. The van der Waals surface area contributed by atoms with Crippen molar-refractivity contribution in [2.45, 2.75) is 42.3 Å². The summed E-state index contributed by atoms with van der Waals surface area (Å²) >= 11 is 6.29. The van der Waals surface area contributed by atoms with Crippen LogP contribution in [0.5, 0.6) is 5.75 Å². The Bertz CT molecular complexity index is 1690. The summed E-state index contributed by atoms with van der Waals surface area (Å²) in [7, 11) is -2.15. The fourth-order valence-corrected chi connectivity index (χ4v) is 8.80. The molecule has 4 aliphatic heterocycles. The van der Waals surface area contributed by atoms with Crippen molar-refractivity contribution in [3.05, 3.63) is 58.6 Å². The molecule has 48 heavy (non-hydrogen) atoms. The molecule has 0 aliphatic carbocycles. The Balaban J connectivity index is 1.37. The largest absolute Gasteiger partial charge is 0.493 e. The standard InChI is InChI=1S/C31H36ClF3N6O6S/c1-37-9-11-38(12-10-37)24-17-40(19-48(45,46)26-5-3-2-4-22(26)32)27-18-39(16-20-6-7-25-21(14-20)8-13-47-25)28(42)23(41(27)29(24)43)15-36-30(44)31(33,34)35/h2-7,14,23-24,27H,8-13,15-19H2,1H3,(H,36,44)/t23-,24+,27?/m0/s1. The van der Waals surface area contributed by atoms with Crippen LogP contribution in [-0.2, 0) is 37.2 Å². The van der Waals surface area contributed by atoms with Gasteiger partial charge >= 0.3 is 12.1 Å². The number of ether oxygens (including phenoxy) is 1. The maximum Gasteiger partial charge on any atom is 0.471 e. The molecule has 4 aliphatic rings. The predicted octanol–water partition coefficient (Wildman–Crippen LogP) is 1.18. The number of sulfone groups is 1. The molecule has 0 radical (unpaired) electrons. The number of hydrogen-bond acceptors (Lipinski definition) is 9. The van der Waals surface area contributed by atoms with Crippen LogP contribution in [0.1, 0.15) is 11.1 Å². The fraction of sp³-hybridized carbons (Fsp3) is 0.516. The Morgan fingerprint density at radius 2 is 1.77 bits per heavy atom. The highest BCUT2D eigenvalue weighted by molar-refractivity contribution is 7.91. The molecular weight excluding hydrogens is 677 g/mol. The molecule has 3 amide bonds. The number of nitrogens with one attached hydrogen (secondary N) is 1. The van der Waals surface area contributed by atoms with Gasteiger partial charge in [0, 0.05) is 52.2 Å². The van der Waals surface area contributed by atoms with Crippen molar-refractivity contribution in [3.63, 3.8) is 0 Å². The van der Waals surface area contributed by atoms with Crippen molar-refractivity contribution in [3.8, 4) is 5.75 Å². The average Bonchev–Trinajstić information content (AvgIpc) is 3.50. The molecule has 17 heteroatoms. The summed E-state index contributed by atoms with van der Waals surface area (Å²) in [5.74, 6) is -3.26. The van der Waals surface area contributed by atoms with Gasteiger partial charge in [0.2, 0.25) is 11.8 Å². The molecule has 2 aromatic rings. The van der Waals surface area contributed by atoms with E-state index < -0.39 is 64.4 Å². The normalized spacial score (nSPS) is 24.3. The van der Waals surface area contributed by atoms with Crippen LogP contribution in [0.15, 0.2) is 47.4 Å². The Labute approximate surface area is 281 Å². The van der Waals surface area contributed by atoms with E-state index in [1.807, 2.05) is 18.0 Å². The van der Waals surface area contributed by atoms with Gasteiger partial charge in [-0.1, -0.05) is 35.9 Å². The summed E-state index contributed by atoms with van der Waals surface area (Å²) in [5.41, 5.74) is 1.68. The smallest absolute Gasteiger partial charge is 0.471 e. The SMILES string of the molecule is CN1CCN([C@@H]2CN(CS(=O)(=O)c3ccccc3Cl)C3CN(Cc4ccc5c(c4)CCO5)C(=O)[C@H](CNC(=O)C(F)(F)F)N3C2=O)CC1. The Hall–Kier alpha value is -3.44. The Morgan fingerprint density at radius 3 is 2.48 bits per heavy atom. The quantitative estimate of drug-likeness (QED) is 0.430. The zero-order valence-corrected chi connectivity index (χ0v) is 27.7. The number of likely N-dealkylation sites (N-methyl/N-ethyl adjacent to an activating group) is 1. The lowest BCUT2D eigenvalue weighted by Gasteiger charge is -2.55. The summed E-state index contributed by atoms with van der Waals surface area (Å²) < 4.78 is 73.0. The molecule has 1 N–H and O–H groups in total. The lowest BCUT2D eigenvalue weighted by molar-refractivity contribution is -0.179. The van der Waals surface area contributed by atoms with Crippen LogP contribution in [0.4, 0.5) is 13.2 Å². The first-order valence-electron chi connectivity index (χ1n) is 15.6. The second kappa shape index (κ2) is 13.5. The zero-order chi connectivity index (χ0) is 34.4. The molecule has 3 atom stereocenters. The van der Waals surface area contributed by atoms with E-state index in [2.05, 4.69) is 4.90 Å². The zero-order valence-electron chi connectivity index (χ0n) is 26.2. The minimum absolute atomic E-state index is 0.00670. The van der Waals surface area contributed by atoms with E-state index in [-0.39, 0.29) is 29.6 Å². The molecule has 12 nitrogen and oxygen atoms in total. The van der Waals surface area contributed by atoms with Gasteiger partial charge in [0.15, 0.2) is 9.84 Å².